The Balaban J connectivity index is 1.32. The first-order valence-corrected chi connectivity index (χ1v) is 12.3. The van der Waals surface area contributed by atoms with Gasteiger partial charge in [-0.2, -0.15) is 10.1 Å². The van der Waals surface area contributed by atoms with Crippen LogP contribution in [-0.2, 0) is 4.74 Å². The predicted molar refractivity (Wildman–Crippen MR) is 135 cm³/mol. The van der Waals surface area contributed by atoms with Gasteiger partial charge in [-0.25, -0.2) is 9.37 Å². The van der Waals surface area contributed by atoms with Crippen LogP contribution in [-0.4, -0.2) is 44.5 Å². The van der Waals surface area contributed by atoms with Gasteiger partial charge in [0.1, 0.15) is 28.6 Å². The quantitative estimate of drug-likeness (QED) is 0.272. The van der Waals surface area contributed by atoms with Crippen molar-refractivity contribution >= 4 is 17.4 Å². The molecule has 3 aromatic heterocycles. The van der Waals surface area contributed by atoms with Crippen molar-refractivity contribution in [2.75, 3.05) is 7.11 Å². The molecule has 184 valence electrons. The summed E-state index contributed by atoms with van der Waals surface area (Å²) in [6.45, 7) is 0. The maximum atomic E-state index is 15.2. The molecule has 8 nitrogen and oxygen atoms in total. The summed E-state index contributed by atoms with van der Waals surface area (Å²) >= 11 is 0. The Morgan fingerprint density at radius 1 is 1.14 bits per heavy atom. The van der Waals surface area contributed by atoms with Gasteiger partial charge < -0.3 is 9.47 Å². The predicted octanol–water partition coefficient (Wildman–Crippen LogP) is 5.63. The molecule has 2 N–H and O–H groups in total. The second kappa shape index (κ2) is 9.22. The molecule has 0 aliphatic heterocycles. The van der Waals surface area contributed by atoms with Gasteiger partial charge in [-0.15, -0.1) is 0 Å². The molecule has 2 aliphatic carbocycles. The Kier molecular flexibility index (Phi) is 5.75. The van der Waals surface area contributed by atoms with E-state index in [0.29, 0.717) is 40.2 Å². The Morgan fingerprint density at radius 3 is 2.72 bits per heavy atom. The van der Waals surface area contributed by atoms with Gasteiger partial charge >= 0.3 is 0 Å². The number of nitrogens with zero attached hydrogens (tertiary/aromatic N) is 4. The van der Waals surface area contributed by atoms with Crippen molar-refractivity contribution in [1.82, 2.24) is 19.6 Å². The SMILES string of the molecule is CO/C(=N\C(=N)c1cnc2ccc(-c3c[nH]nc3-c3ccc(OC4CCCC4)cc3F)cn12)C1CC1. The number of benzene rings is 1. The maximum absolute atomic E-state index is 15.2. The van der Waals surface area contributed by atoms with E-state index < -0.39 is 0 Å². The zero-order valence-electron chi connectivity index (χ0n) is 20.0. The molecule has 9 heteroatoms. The smallest absolute Gasteiger partial charge is 0.192 e. The number of aliphatic imine (C=N–C) groups is 1. The Hall–Kier alpha value is -4.01. The normalized spacial score (nSPS) is 16.6. The third-order valence-corrected chi connectivity index (χ3v) is 6.86. The van der Waals surface area contributed by atoms with E-state index in [1.165, 1.54) is 6.07 Å². The highest BCUT2D eigenvalue weighted by atomic mass is 19.1. The van der Waals surface area contributed by atoms with E-state index in [1.54, 1.807) is 31.6 Å². The fourth-order valence-corrected chi connectivity index (χ4v) is 4.79. The second-order valence-electron chi connectivity index (χ2n) is 9.38. The third-order valence-electron chi connectivity index (χ3n) is 6.86. The molecule has 36 heavy (non-hydrogen) atoms. The van der Waals surface area contributed by atoms with Crippen LogP contribution in [0.1, 0.15) is 44.2 Å². The van der Waals surface area contributed by atoms with Gasteiger partial charge in [0.05, 0.1) is 19.4 Å². The molecule has 2 aliphatic rings. The van der Waals surface area contributed by atoms with E-state index >= 15 is 4.39 Å². The standard InChI is InChI=1S/C27H27FN6O2/c1-35-27(16-6-7-16)32-26(29)23-14-30-24-11-8-17(15-34(23)24)21-13-31-33-25(21)20-10-9-19(12-22(20)28)36-18-4-2-3-5-18/h8-16,18,29H,2-7H2,1H3,(H,31,33)/b29-26?,32-27-. The lowest BCUT2D eigenvalue weighted by molar-refractivity contribution is 0.209. The minimum Gasteiger partial charge on any atom is -0.490 e. The zero-order valence-corrected chi connectivity index (χ0v) is 20.0. The van der Waals surface area contributed by atoms with Gasteiger partial charge in [0.25, 0.3) is 0 Å². The van der Waals surface area contributed by atoms with Gasteiger partial charge in [-0.3, -0.25) is 14.9 Å². The van der Waals surface area contributed by atoms with Crippen LogP contribution in [0.2, 0.25) is 0 Å². The van der Waals surface area contributed by atoms with Crippen molar-refractivity contribution in [2.45, 2.75) is 44.6 Å². The highest BCUT2D eigenvalue weighted by Gasteiger charge is 2.29. The Morgan fingerprint density at radius 2 is 1.97 bits per heavy atom. The summed E-state index contributed by atoms with van der Waals surface area (Å²) in [4.78, 5) is 8.82. The Bertz CT molecular complexity index is 1460. The molecule has 0 amide bonds. The molecular weight excluding hydrogens is 459 g/mol. The largest absolute Gasteiger partial charge is 0.490 e. The lowest BCUT2D eigenvalue weighted by Crippen LogP contribution is -2.10. The summed E-state index contributed by atoms with van der Waals surface area (Å²) in [7, 11) is 1.59. The van der Waals surface area contributed by atoms with Crippen LogP contribution in [0.25, 0.3) is 28.0 Å². The molecule has 2 saturated carbocycles. The number of nitrogens with one attached hydrogen (secondary N) is 2. The number of halogens is 1. The van der Waals surface area contributed by atoms with Gasteiger partial charge in [0, 0.05) is 41.1 Å². The summed E-state index contributed by atoms with van der Waals surface area (Å²) in [5.41, 5.74) is 3.68. The van der Waals surface area contributed by atoms with Crippen molar-refractivity contribution in [3.8, 4) is 28.1 Å². The van der Waals surface area contributed by atoms with Crippen LogP contribution in [0.15, 0.2) is 53.9 Å². The van der Waals surface area contributed by atoms with Gasteiger partial charge in [0.15, 0.2) is 11.7 Å². The fraction of sp³-hybridized carbons (Fsp3) is 0.333. The van der Waals surface area contributed by atoms with Crippen molar-refractivity contribution in [3.05, 3.63) is 60.4 Å². The van der Waals surface area contributed by atoms with Gasteiger partial charge in [-0.1, -0.05) is 0 Å². The summed E-state index contributed by atoms with van der Waals surface area (Å²) < 4.78 is 28.3. The van der Waals surface area contributed by atoms with Gasteiger partial charge in [0.2, 0.25) is 0 Å². The second-order valence-corrected chi connectivity index (χ2v) is 9.38. The first-order valence-electron chi connectivity index (χ1n) is 12.3. The number of hydrogen-bond donors (Lipinski definition) is 2. The number of rotatable bonds is 6. The summed E-state index contributed by atoms with van der Waals surface area (Å²) in [6.07, 6.45) is 11.8. The fourth-order valence-electron chi connectivity index (χ4n) is 4.79. The number of fused-ring (bicyclic) bond motifs is 1. The molecule has 2 fully saturated rings. The van der Waals surface area contributed by atoms with Crippen LogP contribution < -0.4 is 4.74 Å². The number of hydrogen-bond acceptors (Lipinski definition) is 5. The molecule has 0 radical (unpaired) electrons. The number of aromatic amines is 1. The van der Waals surface area contributed by atoms with E-state index in [2.05, 4.69) is 20.2 Å². The van der Waals surface area contributed by atoms with Crippen LogP contribution >= 0.6 is 0 Å². The molecule has 0 unspecified atom stereocenters. The van der Waals surface area contributed by atoms with Crippen molar-refractivity contribution in [2.24, 2.45) is 10.9 Å². The van der Waals surface area contributed by atoms with E-state index in [4.69, 9.17) is 14.9 Å². The average Bonchev–Trinajstić information content (AvgIpc) is 3.25. The molecule has 3 heterocycles. The van der Waals surface area contributed by atoms with Crippen LogP contribution in [0.3, 0.4) is 0 Å². The van der Waals surface area contributed by atoms with Crippen molar-refractivity contribution in [3.63, 3.8) is 0 Å². The summed E-state index contributed by atoms with van der Waals surface area (Å²) in [5.74, 6) is 1.12. The lowest BCUT2D eigenvalue weighted by Gasteiger charge is -2.14. The molecule has 0 spiro atoms. The van der Waals surface area contributed by atoms with Crippen LogP contribution in [0, 0.1) is 17.1 Å². The molecule has 4 aromatic rings. The van der Waals surface area contributed by atoms with Crippen molar-refractivity contribution < 1.29 is 13.9 Å². The van der Waals surface area contributed by atoms with Crippen LogP contribution in [0.4, 0.5) is 4.39 Å². The minimum absolute atomic E-state index is 0.0831. The highest BCUT2D eigenvalue weighted by molar-refractivity contribution is 6.03. The minimum atomic E-state index is -0.383. The molecule has 1 aromatic carbocycles. The Labute approximate surface area is 207 Å². The summed E-state index contributed by atoms with van der Waals surface area (Å²) in [6, 6.07) is 8.73. The third kappa shape index (κ3) is 4.25. The number of methoxy groups -OCH3 is 1. The number of aromatic nitrogens is 4. The number of ether oxygens (including phenoxy) is 2. The molecule has 0 saturated heterocycles. The van der Waals surface area contributed by atoms with Gasteiger partial charge in [-0.05, 0) is 62.8 Å². The van der Waals surface area contributed by atoms with Crippen molar-refractivity contribution in [1.29, 1.82) is 5.41 Å². The molecule has 0 bridgehead atoms. The maximum Gasteiger partial charge on any atom is 0.192 e. The van der Waals surface area contributed by atoms with E-state index in [9.17, 15) is 0 Å². The molecule has 6 rings (SSSR count). The van der Waals surface area contributed by atoms with E-state index in [-0.39, 0.29) is 17.8 Å². The topological polar surface area (TPSA) is 101 Å². The zero-order chi connectivity index (χ0) is 24.6. The molecule has 0 atom stereocenters. The number of H-pyrrole nitrogens is 1. The van der Waals surface area contributed by atoms with E-state index in [0.717, 1.165) is 49.7 Å². The van der Waals surface area contributed by atoms with E-state index in [1.807, 2.05) is 22.7 Å². The molecular formula is C27H27FN6O2. The number of pyridine rings is 1. The number of imidazole rings is 1. The average molecular weight is 487 g/mol. The first-order chi connectivity index (χ1) is 17.6. The monoisotopic (exact) mass is 486 g/mol. The highest BCUT2D eigenvalue weighted by Crippen LogP contribution is 2.35. The lowest BCUT2D eigenvalue weighted by atomic mass is 10.0. The first kappa shape index (κ1) is 22.5. The van der Waals surface area contributed by atoms with Crippen LogP contribution in [0.5, 0.6) is 5.75 Å². The summed E-state index contributed by atoms with van der Waals surface area (Å²) in [5, 5.41) is 15.7. The number of amidine groups is 1.